The van der Waals surface area contributed by atoms with Crippen molar-refractivity contribution >= 4 is 17.3 Å². The summed E-state index contributed by atoms with van der Waals surface area (Å²) < 4.78 is 43.3. The number of hydrogen-bond donors (Lipinski definition) is 1. The average molecular weight is 453 g/mol. The summed E-state index contributed by atoms with van der Waals surface area (Å²) in [7, 11) is 1.70. The largest absolute Gasteiger partial charge is 0.497 e. The second-order valence-corrected chi connectivity index (χ2v) is 7.69. The van der Waals surface area contributed by atoms with Gasteiger partial charge in [-0.25, -0.2) is 4.79 Å². The quantitative estimate of drug-likeness (QED) is 0.761. The summed E-state index contributed by atoms with van der Waals surface area (Å²) in [6.45, 7) is 4.62. The lowest BCUT2D eigenvalue weighted by Crippen LogP contribution is -2.60. The highest BCUT2D eigenvalue weighted by Gasteiger charge is 2.41. The molecular weight excluding hydrogens is 427 g/mol. The number of rotatable bonds is 3. The van der Waals surface area contributed by atoms with Crippen LogP contribution in [0.4, 0.5) is 24.5 Å². The number of carboxylic acid groups (broad SMARTS) is 1. The Labute approximate surface area is 184 Å². The number of nitrogens with zero attached hydrogens (tertiary/aromatic N) is 3. The Hall–Kier alpha value is -3.01. The highest BCUT2D eigenvalue weighted by molar-refractivity contribution is 5.73. The molecule has 1 unspecified atom stereocenters. The lowest BCUT2D eigenvalue weighted by molar-refractivity contribution is -0.192. The number of carboxylic acids is 1. The smallest absolute Gasteiger partial charge is 0.490 e. The summed E-state index contributed by atoms with van der Waals surface area (Å²) in [5, 5.41) is 7.12. The molecule has 1 N–H and O–H groups in total. The first-order valence-electron chi connectivity index (χ1n) is 10.2. The molecule has 0 radical (unpaired) electrons. The SMILES string of the molecule is COc1ccc(N2CCCC3(C2)CN(c2cccnc2)CCO3)cc1.O=C(O)C(F)(F)F. The lowest BCUT2D eigenvalue weighted by atomic mass is 9.90. The molecule has 174 valence electrons. The topological polar surface area (TPSA) is 75.1 Å². The van der Waals surface area contributed by atoms with Gasteiger partial charge in [-0.2, -0.15) is 13.2 Å². The van der Waals surface area contributed by atoms with Crippen LogP contribution >= 0.6 is 0 Å². The number of alkyl halides is 3. The third-order valence-corrected chi connectivity index (χ3v) is 5.48. The molecule has 0 aliphatic carbocycles. The van der Waals surface area contributed by atoms with Gasteiger partial charge in [0.25, 0.3) is 0 Å². The fourth-order valence-electron chi connectivity index (χ4n) is 3.96. The zero-order chi connectivity index (χ0) is 23.2. The van der Waals surface area contributed by atoms with Gasteiger partial charge >= 0.3 is 12.1 Å². The monoisotopic (exact) mass is 453 g/mol. The second-order valence-electron chi connectivity index (χ2n) is 7.69. The molecule has 10 heteroatoms. The van der Waals surface area contributed by atoms with E-state index in [1.165, 1.54) is 11.4 Å². The summed E-state index contributed by atoms with van der Waals surface area (Å²) in [6, 6.07) is 12.5. The first-order chi connectivity index (χ1) is 15.2. The number of anilines is 2. The lowest BCUT2D eigenvalue weighted by Gasteiger charge is -2.49. The predicted molar refractivity (Wildman–Crippen MR) is 113 cm³/mol. The Morgan fingerprint density at radius 2 is 1.78 bits per heavy atom. The van der Waals surface area contributed by atoms with Crippen LogP contribution in [0.2, 0.25) is 0 Å². The molecule has 4 rings (SSSR count). The highest BCUT2D eigenvalue weighted by atomic mass is 19.4. The number of carbonyl (C=O) groups is 1. The van der Waals surface area contributed by atoms with Gasteiger partial charge in [0.1, 0.15) is 11.4 Å². The van der Waals surface area contributed by atoms with E-state index in [-0.39, 0.29) is 5.60 Å². The van der Waals surface area contributed by atoms with Gasteiger partial charge in [-0.1, -0.05) is 0 Å². The van der Waals surface area contributed by atoms with Crippen LogP contribution in [-0.2, 0) is 9.53 Å². The zero-order valence-corrected chi connectivity index (χ0v) is 17.7. The molecule has 3 heterocycles. The van der Waals surface area contributed by atoms with Gasteiger partial charge in [-0.3, -0.25) is 4.98 Å². The van der Waals surface area contributed by atoms with Crippen molar-refractivity contribution in [3.63, 3.8) is 0 Å². The molecule has 1 aromatic heterocycles. The summed E-state index contributed by atoms with van der Waals surface area (Å²) >= 11 is 0. The number of piperidine rings is 1. The van der Waals surface area contributed by atoms with Crippen molar-refractivity contribution in [2.45, 2.75) is 24.6 Å². The van der Waals surface area contributed by atoms with Crippen molar-refractivity contribution in [1.29, 1.82) is 0 Å². The number of aromatic nitrogens is 1. The molecule has 2 fully saturated rings. The molecule has 1 aromatic carbocycles. The molecule has 1 spiro atoms. The van der Waals surface area contributed by atoms with Gasteiger partial charge in [0, 0.05) is 38.1 Å². The van der Waals surface area contributed by atoms with Crippen molar-refractivity contribution < 1.29 is 32.5 Å². The van der Waals surface area contributed by atoms with Crippen molar-refractivity contribution in [1.82, 2.24) is 4.98 Å². The minimum atomic E-state index is -5.08. The minimum Gasteiger partial charge on any atom is -0.497 e. The molecule has 2 aliphatic rings. The van der Waals surface area contributed by atoms with Gasteiger partial charge in [-0.15, -0.1) is 0 Å². The summed E-state index contributed by atoms with van der Waals surface area (Å²) in [6.07, 6.45) is 0.943. The molecule has 1 atom stereocenters. The van der Waals surface area contributed by atoms with Crippen LogP contribution in [0.15, 0.2) is 48.8 Å². The van der Waals surface area contributed by atoms with Crippen LogP contribution < -0.4 is 14.5 Å². The number of hydrogen-bond acceptors (Lipinski definition) is 6. The maximum absolute atomic E-state index is 10.6. The number of morpholine rings is 1. The van der Waals surface area contributed by atoms with Gasteiger partial charge in [-0.05, 0) is 49.2 Å². The van der Waals surface area contributed by atoms with Gasteiger partial charge in [0.15, 0.2) is 0 Å². The third-order valence-electron chi connectivity index (χ3n) is 5.48. The van der Waals surface area contributed by atoms with Crippen molar-refractivity contribution in [3.05, 3.63) is 48.8 Å². The highest BCUT2D eigenvalue weighted by Crippen LogP contribution is 2.33. The van der Waals surface area contributed by atoms with Crippen LogP contribution in [0.25, 0.3) is 0 Å². The van der Waals surface area contributed by atoms with E-state index in [1.54, 1.807) is 7.11 Å². The summed E-state index contributed by atoms with van der Waals surface area (Å²) in [5.41, 5.74) is 2.32. The van der Waals surface area contributed by atoms with E-state index in [4.69, 9.17) is 19.4 Å². The molecule has 2 aliphatic heterocycles. The van der Waals surface area contributed by atoms with E-state index in [0.717, 1.165) is 51.4 Å². The van der Waals surface area contributed by atoms with Crippen LogP contribution in [-0.4, -0.2) is 67.7 Å². The molecule has 0 bridgehead atoms. The van der Waals surface area contributed by atoms with E-state index >= 15 is 0 Å². The van der Waals surface area contributed by atoms with Gasteiger partial charge in [0.05, 0.1) is 25.6 Å². The molecule has 7 nitrogen and oxygen atoms in total. The standard InChI is InChI=1S/C20H25N3O2.C2HF3O2/c1-24-19-7-5-17(6-8-19)22-11-3-9-20(15-22)16-23(12-13-25-20)18-4-2-10-21-14-18;3-2(4,5)1(6)7/h2,4-8,10,14H,3,9,11-13,15-16H2,1H3;(H,6,7). The first-order valence-corrected chi connectivity index (χ1v) is 10.2. The Morgan fingerprint density at radius 3 is 2.34 bits per heavy atom. The molecule has 2 aromatic rings. The van der Waals surface area contributed by atoms with E-state index in [2.05, 4.69) is 33.0 Å². The fraction of sp³-hybridized carbons (Fsp3) is 0.455. The van der Waals surface area contributed by atoms with E-state index in [9.17, 15) is 13.2 Å². The molecule has 2 saturated heterocycles. The second kappa shape index (κ2) is 10.1. The number of ether oxygens (including phenoxy) is 2. The average Bonchev–Trinajstić information content (AvgIpc) is 2.79. The minimum absolute atomic E-state index is 0.105. The fourth-order valence-corrected chi connectivity index (χ4v) is 3.96. The molecule has 32 heavy (non-hydrogen) atoms. The predicted octanol–water partition coefficient (Wildman–Crippen LogP) is 3.60. The molecule has 0 amide bonds. The van der Waals surface area contributed by atoms with Crippen molar-refractivity contribution in [2.24, 2.45) is 0 Å². The molecule has 0 saturated carbocycles. The number of methoxy groups -OCH3 is 1. The van der Waals surface area contributed by atoms with Crippen LogP contribution in [0, 0.1) is 0 Å². The number of pyridine rings is 1. The van der Waals surface area contributed by atoms with Crippen LogP contribution in [0.5, 0.6) is 5.75 Å². The Bertz CT molecular complexity index is 876. The van der Waals surface area contributed by atoms with Crippen molar-refractivity contribution in [2.75, 3.05) is 49.7 Å². The maximum Gasteiger partial charge on any atom is 0.490 e. The van der Waals surface area contributed by atoms with Gasteiger partial charge < -0.3 is 24.4 Å². The summed E-state index contributed by atoms with van der Waals surface area (Å²) in [5.74, 6) is -1.86. The van der Waals surface area contributed by atoms with Gasteiger partial charge in [0.2, 0.25) is 0 Å². The molecular formula is C22H26F3N3O4. The van der Waals surface area contributed by atoms with Crippen LogP contribution in [0.3, 0.4) is 0 Å². The Kier molecular flexibility index (Phi) is 7.44. The normalized spacial score (nSPS) is 21.0. The number of halogens is 3. The third kappa shape index (κ3) is 6.03. The number of benzene rings is 1. The van der Waals surface area contributed by atoms with E-state index in [0.29, 0.717) is 0 Å². The van der Waals surface area contributed by atoms with Crippen LogP contribution in [0.1, 0.15) is 12.8 Å². The van der Waals surface area contributed by atoms with E-state index in [1.807, 2.05) is 30.6 Å². The Balaban J connectivity index is 0.000000360. The van der Waals surface area contributed by atoms with Crippen molar-refractivity contribution in [3.8, 4) is 5.75 Å². The zero-order valence-electron chi connectivity index (χ0n) is 17.7. The summed E-state index contributed by atoms with van der Waals surface area (Å²) in [4.78, 5) is 18.0. The number of aliphatic carboxylic acids is 1. The van der Waals surface area contributed by atoms with E-state index < -0.39 is 12.1 Å². The Morgan fingerprint density at radius 1 is 1.12 bits per heavy atom. The first kappa shape index (κ1) is 23.6. The maximum atomic E-state index is 10.6.